The number of nitrogens with zero attached hydrogens (tertiary/aromatic N) is 2. The molecule has 0 unspecified atom stereocenters. The molecule has 0 aliphatic rings. The van der Waals surface area contributed by atoms with E-state index in [0.29, 0.717) is 16.7 Å². The van der Waals surface area contributed by atoms with Gasteiger partial charge in [0.25, 0.3) is 0 Å². The van der Waals surface area contributed by atoms with Crippen molar-refractivity contribution in [3.8, 4) is 0 Å². The van der Waals surface area contributed by atoms with Crippen LogP contribution in [0.5, 0.6) is 0 Å². The molecule has 0 aliphatic heterocycles. The Morgan fingerprint density at radius 2 is 2.00 bits per heavy atom. The lowest BCUT2D eigenvalue weighted by atomic mass is 10.2. The summed E-state index contributed by atoms with van der Waals surface area (Å²) >= 11 is 3.49. The maximum atomic E-state index is 13.4. The van der Waals surface area contributed by atoms with Gasteiger partial charge in [0.2, 0.25) is 0 Å². The molecule has 1 heterocycles. The number of hydrogen-bond donors (Lipinski definition) is 1. The van der Waals surface area contributed by atoms with Gasteiger partial charge in [-0.1, -0.05) is 22.0 Å². The highest BCUT2D eigenvalue weighted by Gasteiger charge is 2.07. The largest absolute Gasteiger partial charge is 0.339 e. The van der Waals surface area contributed by atoms with E-state index in [9.17, 15) is 4.39 Å². The van der Waals surface area contributed by atoms with Crippen molar-refractivity contribution in [3.63, 3.8) is 0 Å². The van der Waals surface area contributed by atoms with Crippen LogP contribution < -0.4 is 5.32 Å². The fourth-order valence-corrected chi connectivity index (χ4v) is 2.37. The monoisotopic (exact) mass is 331 g/mol. The van der Waals surface area contributed by atoms with Crippen molar-refractivity contribution < 1.29 is 4.39 Å². The molecular weight excluding hydrogens is 321 g/mol. The highest BCUT2D eigenvalue weighted by molar-refractivity contribution is 9.10. The van der Waals surface area contributed by atoms with E-state index in [0.717, 1.165) is 15.7 Å². The summed E-state index contributed by atoms with van der Waals surface area (Å²) in [5.74, 6) is 0.289. The van der Waals surface area contributed by atoms with E-state index in [-0.39, 0.29) is 5.82 Å². The Bertz CT molecular complexity index is 789. The lowest BCUT2D eigenvalue weighted by Gasteiger charge is -2.11. The van der Waals surface area contributed by atoms with E-state index in [4.69, 9.17) is 0 Å². The quantitative estimate of drug-likeness (QED) is 0.746. The van der Waals surface area contributed by atoms with Crippen molar-refractivity contribution in [2.75, 3.05) is 5.32 Å². The molecule has 0 spiro atoms. The summed E-state index contributed by atoms with van der Waals surface area (Å²) in [5.41, 5.74) is 2.69. The van der Waals surface area contributed by atoms with Crippen molar-refractivity contribution in [1.82, 2.24) is 9.97 Å². The normalized spacial score (nSPS) is 10.8. The lowest BCUT2D eigenvalue weighted by molar-refractivity contribution is 0.629. The predicted octanol–water partition coefficient (Wildman–Crippen LogP) is 4.58. The average molecular weight is 332 g/mol. The first-order chi connectivity index (χ1) is 9.65. The molecule has 0 saturated heterocycles. The van der Waals surface area contributed by atoms with Crippen molar-refractivity contribution >= 4 is 38.3 Å². The van der Waals surface area contributed by atoms with Gasteiger partial charge in [0.15, 0.2) is 0 Å². The van der Waals surface area contributed by atoms with Gasteiger partial charge in [-0.25, -0.2) is 14.4 Å². The summed E-state index contributed by atoms with van der Waals surface area (Å²) in [6.45, 7) is 2.00. The number of aromatic nitrogens is 2. The number of benzene rings is 2. The molecule has 0 fully saturated rings. The fourth-order valence-electron chi connectivity index (χ4n) is 2.00. The van der Waals surface area contributed by atoms with Gasteiger partial charge in [-0.15, -0.1) is 0 Å². The molecule has 1 N–H and O–H groups in total. The molecule has 0 amide bonds. The standard InChI is InChI=1S/C15H11BrFN3/c1-9-12(16)3-2-4-13(9)20-15-11-7-10(17)5-6-14(11)18-8-19-15/h2-8H,1H3,(H,18,19,20). The molecule has 5 heteroatoms. The summed E-state index contributed by atoms with van der Waals surface area (Å²) in [5, 5.41) is 3.89. The number of nitrogens with one attached hydrogen (secondary N) is 1. The van der Waals surface area contributed by atoms with Crippen molar-refractivity contribution in [1.29, 1.82) is 0 Å². The molecule has 0 aliphatic carbocycles. The number of halogens is 2. The zero-order valence-electron chi connectivity index (χ0n) is 10.7. The van der Waals surface area contributed by atoms with Gasteiger partial charge < -0.3 is 5.32 Å². The number of fused-ring (bicyclic) bond motifs is 1. The lowest BCUT2D eigenvalue weighted by Crippen LogP contribution is -1.98. The summed E-state index contributed by atoms with van der Waals surface area (Å²) in [4.78, 5) is 8.35. The van der Waals surface area contributed by atoms with E-state index in [1.165, 1.54) is 18.5 Å². The zero-order chi connectivity index (χ0) is 14.1. The van der Waals surface area contributed by atoms with Gasteiger partial charge >= 0.3 is 0 Å². The average Bonchev–Trinajstić information content (AvgIpc) is 2.44. The summed E-state index contributed by atoms with van der Waals surface area (Å²) in [7, 11) is 0. The van der Waals surface area contributed by atoms with Crippen LogP contribution in [-0.4, -0.2) is 9.97 Å². The van der Waals surface area contributed by atoms with Crippen LogP contribution in [0.3, 0.4) is 0 Å². The first kappa shape index (κ1) is 13.0. The van der Waals surface area contributed by atoms with Crippen LogP contribution in [0.15, 0.2) is 47.2 Å². The first-order valence-corrected chi connectivity index (χ1v) is 6.87. The second kappa shape index (κ2) is 5.17. The second-order valence-electron chi connectivity index (χ2n) is 4.42. The van der Waals surface area contributed by atoms with Crippen molar-refractivity contribution in [3.05, 3.63) is 58.6 Å². The Balaban J connectivity index is 2.11. The van der Waals surface area contributed by atoms with Crippen LogP contribution in [0, 0.1) is 12.7 Å². The molecule has 2 aromatic carbocycles. The Morgan fingerprint density at radius 3 is 2.85 bits per heavy atom. The van der Waals surface area contributed by atoms with Crippen LogP contribution in [-0.2, 0) is 0 Å². The Hall–Kier alpha value is -2.01. The molecule has 0 radical (unpaired) electrons. The molecule has 100 valence electrons. The SMILES string of the molecule is Cc1c(Br)cccc1Nc1ncnc2ccc(F)cc12. The fraction of sp³-hybridized carbons (Fsp3) is 0.0667. The molecule has 20 heavy (non-hydrogen) atoms. The number of hydrogen-bond acceptors (Lipinski definition) is 3. The van der Waals surface area contributed by atoms with E-state index in [2.05, 4.69) is 31.2 Å². The van der Waals surface area contributed by atoms with Crippen LogP contribution in [0.25, 0.3) is 10.9 Å². The van der Waals surface area contributed by atoms with E-state index < -0.39 is 0 Å². The molecule has 3 rings (SSSR count). The maximum Gasteiger partial charge on any atom is 0.141 e. The van der Waals surface area contributed by atoms with E-state index in [1.54, 1.807) is 6.07 Å². The molecule has 0 saturated carbocycles. The minimum atomic E-state index is -0.304. The highest BCUT2D eigenvalue weighted by atomic mass is 79.9. The number of anilines is 2. The molecule has 0 atom stereocenters. The predicted molar refractivity (Wildman–Crippen MR) is 81.7 cm³/mol. The van der Waals surface area contributed by atoms with Gasteiger partial charge in [-0.05, 0) is 42.8 Å². The van der Waals surface area contributed by atoms with Crippen LogP contribution in [0.2, 0.25) is 0 Å². The van der Waals surface area contributed by atoms with Gasteiger partial charge in [0, 0.05) is 15.5 Å². The van der Waals surface area contributed by atoms with Gasteiger partial charge in [-0.2, -0.15) is 0 Å². The van der Waals surface area contributed by atoms with Crippen LogP contribution in [0.4, 0.5) is 15.9 Å². The molecule has 1 aromatic heterocycles. The third kappa shape index (κ3) is 2.36. The van der Waals surface area contributed by atoms with Crippen molar-refractivity contribution in [2.45, 2.75) is 6.92 Å². The molecular formula is C15H11BrFN3. The Morgan fingerprint density at radius 1 is 1.15 bits per heavy atom. The third-order valence-corrected chi connectivity index (χ3v) is 3.98. The van der Waals surface area contributed by atoms with Crippen LogP contribution >= 0.6 is 15.9 Å². The summed E-state index contributed by atoms with van der Waals surface area (Å²) < 4.78 is 14.4. The maximum absolute atomic E-state index is 13.4. The summed E-state index contributed by atoms with van der Waals surface area (Å²) in [6, 6.07) is 10.3. The minimum Gasteiger partial charge on any atom is -0.339 e. The second-order valence-corrected chi connectivity index (χ2v) is 5.28. The third-order valence-electron chi connectivity index (χ3n) is 3.12. The molecule has 3 nitrogen and oxygen atoms in total. The van der Waals surface area contributed by atoms with Gasteiger partial charge in [0.05, 0.1) is 5.52 Å². The van der Waals surface area contributed by atoms with E-state index in [1.807, 2.05) is 25.1 Å². The minimum absolute atomic E-state index is 0.304. The van der Waals surface area contributed by atoms with Gasteiger partial charge in [0.1, 0.15) is 18.0 Å². The molecule has 3 aromatic rings. The van der Waals surface area contributed by atoms with Crippen molar-refractivity contribution in [2.24, 2.45) is 0 Å². The van der Waals surface area contributed by atoms with Crippen LogP contribution in [0.1, 0.15) is 5.56 Å². The smallest absolute Gasteiger partial charge is 0.141 e. The van der Waals surface area contributed by atoms with Gasteiger partial charge in [-0.3, -0.25) is 0 Å². The zero-order valence-corrected chi connectivity index (χ0v) is 12.3. The Kier molecular flexibility index (Phi) is 3.36. The number of rotatable bonds is 2. The highest BCUT2D eigenvalue weighted by Crippen LogP contribution is 2.28. The Labute approximate surface area is 124 Å². The topological polar surface area (TPSA) is 37.8 Å². The van der Waals surface area contributed by atoms with E-state index >= 15 is 0 Å². The first-order valence-electron chi connectivity index (χ1n) is 6.07. The molecule has 0 bridgehead atoms. The summed E-state index contributed by atoms with van der Waals surface area (Å²) in [6.07, 6.45) is 1.47.